The van der Waals surface area contributed by atoms with Gasteiger partial charge in [0.25, 0.3) is 0 Å². The minimum absolute atomic E-state index is 0.0310. The zero-order valence-electron chi connectivity index (χ0n) is 25.1. The summed E-state index contributed by atoms with van der Waals surface area (Å²) in [6.45, 7) is 9.68. The molecular weight excluding hydrogens is 535 g/mol. The summed E-state index contributed by atoms with van der Waals surface area (Å²) in [5.41, 5.74) is 14.7. The Bertz CT molecular complexity index is 2280. The summed E-state index contributed by atoms with van der Waals surface area (Å²) < 4.78 is 2.46. The van der Waals surface area contributed by atoms with E-state index >= 15 is 0 Å². The van der Waals surface area contributed by atoms with Gasteiger partial charge in [-0.3, -0.25) is 0 Å². The predicted molar refractivity (Wildman–Crippen MR) is 186 cm³/mol. The number of benzene rings is 6. The van der Waals surface area contributed by atoms with E-state index in [0.29, 0.717) is 0 Å². The monoisotopic (exact) mass is 567 g/mol. The number of hydrogen-bond acceptors (Lipinski definition) is 0. The second-order valence-corrected chi connectivity index (χ2v) is 17.7. The molecule has 0 bridgehead atoms. The van der Waals surface area contributed by atoms with Crippen LogP contribution in [-0.4, -0.2) is 12.6 Å². The van der Waals surface area contributed by atoms with Crippen LogP contribution in [0.5, 0.6) is 0 Å². The summed E-state index contributed by atoms with van der Waals surface area (Å²) >= 11 is 0. The van der Waals surface area contributed by atoms with Gasteiger partial charge >= 0.3 is 0 Å². The Kier molecular flexibility index (Phi) is 4.90. The van der Waals surface area contributed by atoms with Crippen molar-refractivity contribution < 1.29 is 0 Å². The van der Waals surface area contributed by atoms with Gasteiger partial charge in [-0.25, -0.2) is 0 Å². The second-order valence-electron chi connectivity index (χ2n) is 13.4. The molecule has 2 heteroatoms. The number of para-hydroxylation sites is 1. The van der Waals surface area contributed by atoms with Gasteiger partial charge in [-0.2, -0.15) is 0 Å². The summed E-state index contributed by atoms with van der Waals surface area (Å²) in [5.74, 6) is 0. The molecule has 1 nitrogen and oxygen atoms in total. The molecule has 1 aliphatic heterocycles. The minimum Gasteiger partial charge on any atom is -0.309 e. The standard InChI is InChI=1S/C41H33NSi/c1-41(2)35-14-8-5-11-29(35)32-23-27(19-22-36(32)41)26-17-20-28(21-18-26)42-37-15-9-6-12-30(37)33-25-40-34(24-38(33)42)31-13-7-10-16-39(31)43(40,3)4/h5-25H,1-4H3. The van der Waals surface area contributed by atoms with Gasteiger partial charge in [0.05, 0.1) is 11.0 Å². The SMILES string of the molecule is CC1(C)c2ccccc2-c2cc(-c3ccc(-n4c5ccccc5c5cc6c(cc54)-c4ccccc4[Si]6(C)C)cc3)ccc21. The molecule has 0 amide bonds. The molecule has 1 aromatic heterocycles. The molecular formula is C41H33NSi. The highest BCUT2D eigenvalue weighted by atomic mass is 28.3. The molecule has 206 valence electrons. The Hall–Kier alpha value is -4.66. The molecule has 2 aliphatic rings. The lowest BCUT2D eigenvalue weighted by Gasteiger charge is -2.21. The molecule has 0 saturated heterocycles. The van der Waals surface area contributed by atoms with Gasteiger partial charge in [0.1, 0.15) is 8.07 Å². The smallest absolute Gasteiger partial charge is 0.113 e. The van der Waals surface area contributed by atoms with Crippen LogP contribution >= 0.6 is 0 Å². The van der Waals surface area contributed by atoms with E-state index in [9.17, 15) is 0 Å². The van der Waals surface area contributed by atoms with Crippen LogP contribution in [0.3, 0.4) is 0 Å². The molecule has 0 radical (unpaired) electrons. The number of hydrogen-bond donors (Lipinski definition) is 0. The van der Waals surface area contributed by atoms with Crippen LogP contribution < -0.4 is 10.4 Å². The first kappa shape index (κ1) is 24.9. The van der Waals surface area contributed by atoms with Crippen molar-refractivity contribution in [1.82, 2.24) is 4.57 Å². The fraction of sp³-hybridized carbons (Fsp3) is 0.122. The van der Waals surface area contributed by atoms with Crippen molar-refractivity contribution in [3.63, 3.8) is 0 Å². The summed E-state index contributed by atoms with van der Waals surface area (Å²) in [6.07, 6.45) is 0. The van der Waals surface area contributed by atoms with Crippen LogP contribution in [0.4, 0.5) is 0 Å². The van der Waals surface area contributed by atoms with Gasteiger partial charge in [0, 0.05) is 21.9 Å². The van der Waals surface area contributed by atoms with Crippen LogP contribution in [0.15, 0.2) is 127 Å². The van der Waals surface area contributed by atoms with Crippen LogP contribution in [0.1, 0.15) is 25.0 Å². The fourth-order valence-electron chi connectivity index (χ4n) is 8.14. The van der Waals surface area contributed by atoms with E-state index in [4.69, 9.17) is 0 Å². The van der Waals surface area contributed by atoms with Crippen molar-refractivity contribution in [3.05, 3.63) is 139 Å². The van der Waals surface area contributed by atoms with Gasteiger partial charge in [-0.1, -0.05) is 124 Å². The maximum Gasteiger partial charge on any atom is 0.113 e. The van der Waals surface area contributed by atoms with E-state index in [2.05, 4.69) is 159 Å². The number of fused-ring (bicyclic) bond motifs is 9. The highest BCUT2D eigenvalue weighted by Crippen LogP contribution is 2.49. The first-order chi connectivity index (χ1) is 20.8. The highest BCUT2D eigenvalue weighted by Gasteiger charge is 2.38. The van der Waals surface area contributed by atoms with Crippen LogP contribution in [0.2, 0.25) is 13.1 Å². The van der Waals surface area contributed by atoms with Crippen molar-refractivity contribution in [2.24, 2.45) is 0 Å². The fourth-order valence-corrected chi connectivity index (χ4v) is 11.2. The molecule has 1 aliphatic carbocycles. The quantitative estimate of drug-likeness (QED) is 0.183. The van der Waals surface area contributed by atoms with Crippen molar-refractivity contribution in [1.29, 1.82) is 0 Å². The van der Waals surface area contributed by atoms with Gasteiger partial charge in [0.2, 0.25) is 0 Å². The maximum atomic E-state index is 2.52. The van der Waals surface area contributed by atoms with E-state index in [1.165, 1.54) is 72.0 Å². The Morgan fingerprint density at radius 1 is 0.488 bits per heavy atom. The number of aromatic nitrogens is 1. The number of nitrogens with zero attached hydrogens (tertiary/aromatic N) is 1. The zero-order valence-corrected chi connectivity index (χ0v) is 26.1. The maximum absolute atomic E-state index is 2.52. The summed E-state index contributed by atoms with van der Waals surface area (Å²) in [4.78, 5) is 0. The second kappa shape index (κ2) is 8.46. The lowest BCUT2D eigenvalue weighted by molar-refractivity contribution is 0.660. The molecule has 0 atom stereocenters. The molecule has 7 aromatic rings. The zero-order chi connectivity index (χ0) is 29.1. The minimum atomic E-state index is -1.75. The molecule has 43 heavy (non-hydrogen) atoms. The Morgan fingerprint density at radius 2 is 1.16 bits per heavy atom. The molecule has 0 fully saturated rings. The van der Waals surface area contributed by atoms with Crippen molar-refractivity contribution in [2.75, 3.05) is 0 Å². The molecule has 0 N–H and O–H groups in total. The average molecular weight is 568 g/mol. The molecule has 2 heterocycles. The number of rotatable bonds is 2. The molecule has 0 spiro atoms. The third-order valence-electron chi connectivity index (χ3n) is 10.4. The normalized spacial score (nSPS) is 15.3. The molecule has 6 aromatic carbocycles. The van der Waals surface area contributed by atoms with Crippen molar-refractivity contribution in [2.45, 2.75) is 32.4 Å². The van der Waals surface area contributed by atoms with Gasteiger partial charge in [-0.15, -0.1) is 0 Å². The predicted octanol–water partition coefficient (Wildman–Crippen LogP) is 9.56. The molecule has 0 saturated carbocycles. The van der Waals surface area contributed by atoms with Crippen LogP contribution in [-0.2, 0) is 5.41 Å². The van der Waals surface area contributed by atoms with E-state index in [1.807, 2.05) is 0 Å². The van der Waals surface area contributed by atoms with E-state index in [-0.39, 0.29) is 5.41 Å². The van der Waals surface area contributed by atoms with Crippen LogP contribution in [0.25, 0.3) is 60.9 Å². The summed E-state index contributed by atoms with van der Waals surface area (Å²) in [5, 5.41) is 5.79. The molecule has 9 rings (SSSR count). The third-order valence-corrected chi connectivity index (χ3v) is 14.0. The first-order valence-electron chi connectivity index (χ1n) is 15.4. The largest absolute Gasteiger partial charge is 0.309 e. The van der Waals surface area contributed by atoms with Crippen LogP contribution in [0, 0.1) is 0 Å². The Balaban J connectivity index is 1.20. The van der Waals surface area contributed by atoms with E-state index in [0.717, 1.165) is 0 Å². The highest BCUT2D eigenvalue weighted by molar-refractivity contribution is 7.04. The summed E-state index contributed by atoms with van der Waals surface area (Å²) in [6, 6.07) is 48.1. The topological polar surface area (TPSA) is 4.93 Å². The Morgan fingerprint density at radius 3 is 2.00 bits per heavy atom. The van der Waals surface area contributed by atoms with Gasteiger partial charge in [0.15, 0.2) is 0 Å². The van der Waals surface area contributed by atoms with E-state index in [1.54, 1.807) is 10.4 Å². The molecule has 0 unspecified atom stereocenters. The lowest BCUT2D eigenvalue weighted by atomic mass is 9.82. The van der Waals surface area contributed by atoms with Crippen molar-refractivity contribution >= 4 is 40.3 Å². The first-order valence-corrected chi connectivity index (χ1v) is 18.4. The van der Waals surface area contributed by atoms with Gasteiger partial charge in [-0.05, 0) is 85.2 Å². The lowest BCUT2D eigenvalue weighted by Crippen LogP contribution is -2.49. The average Bonchev–Trinajstić information content (AvgIpc) is 3.57. The van der Waals surface area contributed by atoms with Crippen molar-refractivity contribution in [3.8, 4) is 39.1 Å². The Labute approximate surface area is 254 Å². The van der Waals surface area contributed by atoms with E-state index < -0.39 is 8.07 Å². The third kappa shape index (κ3) is 3.27. The van der Waals surface area contributed by atoms with Gasteiger partial charge < -0.3 is 4.57 Å². The summed E-state index contributed by atoms with van der Waals surface area (Å²) in [7, 11) is -1.75.